The lowest BCUT2D eigenvalue weighted by Crippen LogP contribution is -1.98. The lowest BCUT2D eigenvalue weighted by atomic mass is 9.94. The van der Waals surface area contributed by atoms with Gasteiger partial charge in [-0.25, -0.2) is 0 Å². The molecule has 0 aliphatic rings. The molecule has 6 rings (SSSR count). The molecule has 0 saturated heterocycles. The molecule has 6 aromatic rings. The second-order valence-corrected chi connectivity index (χ2v) is 8.63. The molecule has 0 N–H and O–H groups in total. The standard InChI is InChI=1S/C32H22N2/c1-22-14-16-23(17-15-22)29-20-24(26-9-3-2-8-25(26)21-33)18-19-32(29)34-30-12-6-4-10-27(30)28-11-5-7-13-31(28)34/h2-20H,1H3. The van der Waals surface area contributed by atoms with E-state index in [1.807, 2.05) is 24.3 Å². The van der Waals surface area contributed by atoms with Gasteiger partial charge in [0.25, 0.3) is 0 Å². The zero-order valence-corrected chi connectivity index (χ0v) is 18.9. The van der Waals surface area contributed by atoms with Crippen molar-refractivity contribution in [2.75, 3.05) is 0 Å². The first kappa shape index (κ1) is 20.0. The number of nitrogens with zero attached hydrogens (tertiary/aromatic N) is 2. The number of rotatable bonds is 3. The number of hydrogen-bond acceptors (Lipinski definition) is 1. The molecule has 1 heterocycles. The number of para-hydroxylation sites is 2. The molecule has 0 unspecified atom stereocenters. The van der Waals surface area contributed by atoms with Crippen molar-refractivity contribution in [2.45, 2.75) is 6.92 Å². The fourth-order valence-corrected chi connectivity index (χ4v) is 4.88. The summed E-state index contributed by atoms with van der Waals surface area (Å²) >= 11 is 0. The maximum absolute atomic E-state index is 9.68. The van der Waals surface area contributed by atoms with Gasteiger partial charge < -0.3 is 4.57 Å². The zero-order valence-electron chi connectivity index (χ0n) is 18.9. The predicted octanol–water partition coefficient (Wildman–Crippen LogP) is 8.30. The van der Waals surface area contributed by atoms with E-state index in [1.54, 1.807) is 0 Å². The molecule has 0 atom stereocenters. The third-order valence-corrected chi connectivity index (χ3v) is 6.54. The van der Waals surface area contributed by atoms with E-state index in [9.17, 15) is 5.26 Å². The van der Waals surface area contributed by atoms with Gasteiger partial charge in [-0.05, 0) is 53.9 Å². The topological polar surface area (TPSA) is 28.7 Å². The highest BCUT2D eigenvalue weighted by atomic mass is 15.0. The Labute approximate surface area is 199 Å². The molecule has 0 aliphatic carbocycles. The normalized spacial score (nSPS) is 11.1. The lowest BCUT2D eigenvalue weighted by molar-refractivity contribution is 1.18. The summed E-state index contributed by atoms with van der Waals surface area (Å²) in [5, 5.41) is 12.2. The Balaban J connectivity index is 1.69. The molecule has 5 aromatic carbocycles. The van der Waals surface area contributed by atoms with Crippen molar-refractivity contribution in [2.24, 2.45) is 0 Å². The molecular weight excluding hydrogens is 412 g/mol. The van der Waals surface area contributed by atoms with E-state index in [0.717, 1.165) is 27.9 Å². The summed E-state index contributed by atoms with van der Waals surface area (Å²) in [5.74, 6) is 0. The van der Waals surface area contributed by atoms with Crippen molar-refractivity contribution in [3.8, 4) is 34.0 Å². The molecule has 2 nitrogen and oxygen atoms in total. The van der Waals surface area contributed by atoms with Crippen LogP contribution in [0.25, 0.3) is 49.7 Å². The Morgan fingerprint density at radius 1 is 0.588 bits per heavy atom. The van der Waals surface area contributed by atoms with Crippen LogP contribution in [0, 0.1) is 18.3 Å². The summed E-state index contributed by atoms with van der Waals surface area (Å²) in [7, 11) is 0. The average molecular weight is 435 g/mol. The molecule has 0 saturated carbocycles. The maximum atomic E-state index is 9.68. The maximum Gasteiger partial charge on any atom is 0.0998 e. The van der Waals surface area contributed by atoms with Gasteiger partial charge >= 0.3 is 0 Å². The Kier molecular flexibility index (Phi) is 4.75. The molecule has 0 radical (unpaired) electrons. The van der Waals surface area contributed by atoms with E-state index in [0.29, 0.717) is 5.56 Å². The third kappa shape index (κ3) is 3.18. The van der Waals surface area contributed by atoms with Crippen molar-refractivity contribution in [1.82, 2.24) is 4.57 Å². The van der Waals surface area contributed by atoms with Gasteiger partial charge in [-0.15, -0.1) is 0 Å². The SMILES string of the molecule is Cc1ccc(-c2cc(-c3ccccc3C#N)ccc2-n2c3ccccc3c3ccccc32)cc1. The van der Waals surface area contributed by atoms with Gasteiger partial charge in [-0.1, -0.05) is 90.5 Å². The molecule has 34 heavy (non-hydrogen) atoms. The van der Waals surface area contributed by atoms with Crippen LogP contribution in [-0.2, 0) is 0 Å². The second kappa shape index (κ2) is 8.06. The quantitative estimate of drug-likeness (QED) is 0.275. The Morgan fingerprint density at radius 3 is 1.85 bits per heavy atom. The minimum atomic E-state index is 0.682. The van der Waals surface area contributed by atoms with Crippen LogP contribution >= 0.6 is 0 Å². The van der Waals surface area contributed by atoms with Crippen LogP contribution < -0.4 is 0 Å². The van der Waals surface area contributed by atoms with Gasteiger partial charge in [0, 0.05) is 16.3 Å². The minimum absolute atomic E-state index is 0.682. The summed E-state index contributed by atoms with van der Waals surface area (Å²) < 4.78 is 2.36. The van der Waals surface area contributed by atoms with Crippen molar-refractivity contribution >= 4 is 21.8 Å². The van der Waals surface area contributed by atoms with Crippen LogP contribution in [0.1, 0.15) is 11.1 Å². The first-order valence-corrected chi connectivity index (χ1v) is 11.4. The summed E-state index contributed by atoms with van der Waals surface area (Å²) in [6.45, 7) is 2.11. The van der Waals surface area contributed by atoms with Gasteiger partial charge in [0.05, 0.1) is 28.4 Å². The van der Waals surface area contributed by atoms with Crippen LogP contribution in [0.5, 0.6) is 0 Å². The fourth-order valence-electron chi connectivity index (χ4n) is 4.88. The second-order valence-electron chi connectivity index (χ2n) is 8.63. The van der Waals surface area contributed by atoms with Crippen molar-refractivity contribution in [3.05, 3.63) is 126 Å². The molecule has 0 amide bonds. The molecule has 2 heteroatoms. The number of aryl methyl sites for hydroxylation is 1. The molecule has 1 aromatic heterocycles. The monoisotopic (exact) mass is 434 g/mol. The van der Waals surface area contributed by atoms with Crippen molar-refractivity contribution in [3.63, 3.8) is 0 Å². The summed E-state index contributed by atoms with van der Waals surface area (Å²) in [4.78, 5) is 0. The van der Waals surface area contributed by atoms with Crippen LogP contribution in [0.15, 0.2) is 115 Å². The van der Waals surface area contributed by atoms with Gasteiger partial charge in [-0.3, -0.25) is 0 Å². The highest BCUT2D eigenvalue weighted by molar-refractivity contribution is 6.09. The van der Waals surface area contributed by atoms with Crippen molar-refractivity contribution in [1.29, 1.82) is 5.26 Å². The highest BCUT2D eigenvalue weighted by Gasteiger charge is 2.16. The van der Waals surface area contributed by atoms with Gasteiger partial charge in [0.15, 0.2) is 0 Å². The highest BCUT2D eigenvalue weighted by Crippen LogP contribution is 2.38. The number of fused-ring (bicyclic) bond motifs is 3. The summed E-state index contributed by atoms with van der Waals surface area (Å²) in [6.07, 6.45) is 0. The Hall–Kier alpha value is -4.61. The molecule has 0 spiro atoms. The number of aromatic nitrogens is 1. The van der Waals surface area contributed by atoms with E-state index in [4.69, 9.17) is 0 Å². The number of benzene rings is 5. The van der Waals surface area contributed by atoms with Gasteiger partial charge in [-0.2, -0.15) is 5.26 Å². The molecule has 0 aliphatic heterocycles. The molecular formula is C32H22N2. The first-order valence-electron chi connectivity index (χ1n) is 11.4. The average Bonchev–Trinajstić information content (AvgIpc) is 3.23. The smallest absolute Gasteiger partial charge is 0.0998 e. The fraction of sp³-hybridized carbons (Fsp3) is 0.0312. The van der Waals surface area contributed by atoms with Gasteiger partial charge in [0.1, 0.15) is 0 Å². The third-order valence-electron chi connectivity index (χ3n) is 6.54. The number of hydrogen-bond donors (Lipinski definition) is 0. The number of nitriles is 1. The van der Waals surface area contributed by atoms with Crippen molar-refractivity contribution < 1.29 is 0 Å². The largest absolute Gasteiger partial charge is 0.309 e. The van der Waals surface area contributed by atoms with E-state index < -0.39 is 0 Å². The predicted molar refractivity (Wildman–Crippen MR) is 141 cm³/mol. The summed E-state index contributed by atoms with van der Waals surface area (Å²) in [6, 6.07) is 42.5. The summed E-state index contributed by atoms with van der Waals surface area (Å²) in [5.41, 5.74) is 9.68. The first-order chi connectivity index (χ1) is 16.7. The van der Waals surface area contributed by atoms with E-state index in [2.05, 4.69) is 109 Å². The minimum Gasteiger partial charge on any atom is -0.309 e. The van der Waals surface area contributed by atoms with E-state index in [-0.39, 0.29) is 0 Å². The van der Waals surface area contributed by atoms with Crippen LogP contribution in [-0.4, -0.2) is 4.57 Å². The van der Waals surface area contributed by atoms with Gasteiger partial charge in [0.2, 0.25) is 0 Å². The molecule has 0 fully saturated rings. The van der Waals surface area contributed by atoms with E-state index >= 15 is 0 Å². The van der Waals surface area contributed by atoms with E-state index in [1.165, 1.54) is 27.4 Å². The lowest BCUT2D eigenvalue weighted by Gasteiger charge is -2.16. The van der Waals surface area contributed by atoms with Crippen LogP contribution in [0.2, 0.25) is 0 Å². The Bertz CT molecular complexity index is 1660. The Morgan fingerprint density at radius 2 is 1.18 bits per heavy atom. The van der Waals surface area contributed by atoms with Crippen LogP contribution in [0.3, 0.4) is 0 Å². The van der Waals surface area contributed by atoms with Crippen LogP contribution in [0.4, 0.5) is 0 Å². The molecule has 0 bridgehead atoms. The zero-order chi connectivity index (χ0) is 23.1. The molecule has 160 valence electrons.